The summed E-state index contributed by atoms with van der Waals surface area (Å²) >= 11 is 0. The molecule has 0 saturated heterocycles. The number of unbranched alkanes of at least 4 members (excludes halogenated alkanes) is 1. The van der Waals surface area contributed by atoms with Gasteiger partial charge in [-0.1, -0.05) is 6.42 Å². The van der Waals surface area contributed by atoms with Crippen LogP contribution in [0.25, 0.3) is 22.8 Å². The summed E-state index contributed by atoms with van der Waals surface area (Å²) in [6.07, 6.45) is -2.58. The van der Waals surface area contributed by atoms with Crippen LogP contribution < -0.4 is 21.5 Å². The lowest BCUT2D eigenvalue weighted by Gasteiger charge is -2.12. The number of carbonyl (C=O) groups excluding carboxylic acids is 1. The van der Waals surface area contributed by atoms with Crippen molar-refractivity contribution in [3.05, 3.63) is 48.5 Å². The van der Waals surface area contributed by atoms with Gasteiger partial charge in [-0.25, -0.2) is 4.98 Å². The lowest BCUT2D eigenvalue weighted by atomic mass is 10.1. The van der Waals surface area contributed by atoms with E-state index in [2.05, 4.69) is 25.2 Å². The van der Waals surface area contributed by atoms with Crippen molar-refractivity contribution in [2.45, 2.75) is 31.7 Å². The van der Waals surface area contributed by atoms with Gasteiger partial charge < -0.3 is 21.5 Å². The number of rotatable bonds is 9. The van der Waals surface area contributed by atoms with Gasteiger partial charge in [0, 0.05) is 16.8 Å². The van der Waals surface area contributed by atoms with E-state index in [4.69, 9.17) is 11.5 Å². The van der Waals surface area contributed by atoms with Gasteiger partial charge in [0.15, 0.2) is 11.6 Å². The second-order valence-electron chi connectivity index (χ2n) is 7.04. The number of anilines is 1. The van der Waals surface area contributed by atoms with Crippen LogP contribution in [-0.4, -0.2) is 40.0 Å². The predicted molar refractivity (Wildman–Crippen MR) is 113 cm³/mol. The standard InChI is InChI=1S/C21H23F3N6O2/c22-21(23,24)32-16-10-6-14(7-11-16)19-28-18(29-30-19)13-4-8-15(9-5-13)27-20(31)17(26)3-1-2-12-25/h4-11,17H,1-3,12,25-26H2,(H,27,31)(H,28,29,30). The maximum atomic E-state index is 12.3. The summed E-state index contributed by atoms with van der Waals surface area (Å²) in [5.41, 5.74) is 13.2. The van der Waals surface area contributed by atoms with Crippen LogP contribution in [-0.2, 0) is 4.79 Å². The molecular formula is C21H23F3N6O2. The zero-order valence-corrected chi connectivity index (χ0v) is 17.0. The Labute approximate surface area is 182 Å². The van der Waals surface area contributed by atoms with Gasteiger partial charge in [0.2, 0.25) is 5.91 Å². The molecule has 2 aromatic carbocycles. The van der Waals surface area contributed by atoms with Crippen molar-refractivity contribution in [3.8, 4) is 28.5 Å². The van der Waals surface area contributed by atoms with Crippen molar-refractivity contribution >= 4 is 11.6 Å². The fraction of sp³-hybridized carbons (Fsp3) is 0.286. The number of ether oxygens (including phenoxy) is 1. The van der Waals surface area contributed by atoms with E-state index in [1.54, 1.807) is 24.3 Å². The average Bonchev–Trinajstić information content (AvgIpc) is 3.24. The van der Waals surface area contributed by atoms with Crippen molar-refractivity contribution in [1.29, 1.82) is 0 Å². The Morgan fingerprint density at radius 3 is 2.34 bits per heavy atom. The number of alkyl halides is 3. The van der Waals surface area contributed by atoms with Gasteiger partial charge in [0.1, 0.15) is 5.75 Å². The Bertz CT molecular complexity index is 1020. The number of hydrogen-bond donors (Lipinski definition) is 4. The molecule has 0 fully saturated rings. The molecule has 1 unspecified atom stereocenters. The lowest BCUT2D eigenvalue weighted by Crippen LogP contribution is -2.35. The molecule has 3 rings (SSSR count). The number of nitrogens with zero attached hydrogens (tertiary/aromatic N) is 2. The van der Waals surface area contributed by atoms with E-state index >= 15 is 0 Å². The molecule has 0 aliphatic rings. The molecule has 0 aliphatic carbocycles. The van der Waals surface area contributed by atoms with Gasteiger partial charge in [0.05, 0.1) is 6.04 Å². The maximum Gasteiger partial charge on any atom is 0.573 e. The minimum atomic E-state index is -4.75. The fourth-order valence-electron chi connectivity index (χ4n) is 2.91. The first-order valence-corrected chi connectivity index (χ1v) is 9.90. The summed E-state index contributed by atoms with van der Waals surface area (Å²) in [7, 11) is 0. The van der Waals surface area contributed by atoms with Gasteiger partial charge >= 0.3 is 6.36 Å². The molecule has 0 bridgehead atoms. The van der Waals surface area contributed by atoms with Crippen molar-refractivity contribution in [2.24, 2.45) is 11.5 Å². The first kappa shape index (κ1) is 23.2. The summed E-state index contributed by atoms with van der Waals surface area (Å²) in [4.78, 5) is 16.5. The van der Waals surface area contributed by atoms with Crippen LogP contribution in [0.1, 0.15) is 19.3 Å². The van der Waals surface area contributed by atoms with Crippen molar-refractivity contribution in [3.63, 3.8) is 0 Å². The molecule has 11 heteroatoms. The van der Waals surface area contributed by atoms with E-state index in [-0.39, 0.29) is 11.7 Å². The van der Waals surface area contributed by atoms with Crippen molar-refractivity contribution in [2.75, 3.05) is 11.9 Å². The van der Waals surface area contributed by atoms with Gasteiger partial charge in [0.25, 0.3) is 0 Å². The summed E-state index contributed by atoms with van der Waals surface area (Å²) in [6.45, 7) is 0.566. The second-order valence-corrected chi connectivity index (χ2v) is 7.04. The van der Waals surface area contributed by atoms with E-state index in [1.807, 2.05) is 0 Å². The number of halogens is 3. The number of benzene rings is 2. The first-order valence-electron chi connectivity index (χ1n) is 9.90. The van der Waals surface area contributed by atoms with Crippen LogP contribution in [0.4, 0.5) is 18.9 Å². The lowest BCUT2D eigenvalue weighted by molar-refractivity contribution is -0.274. The second kappa shape index (κ2) is 10.2. The predicted octanol–water partition coefficient (Wildman–Crippen LogP) is 3.43. The number of H-pyrrole nitrogens is 1. The van der Waals surface area contributed by atoms with Crippen LogP contribution in [0, 0.1) is 0 Å². The quantitative estimate of drug-likeness (QED) is 0.371. The van der Waals surface area contributed by atoms with E-state index in [9.17, 15) is 18.0 Å². The van der Waals surface area contributed by atoms with Crippen LogP contribution in [0.3, 0.4) is 0 Å². The topological polar surface area (TPSA) is 132 Å². The summed E-state index contributed by atoms with van der Waals surface area (Å²) in [5, 5.41) is 9.66. The fourth-order valence-corrected chi connectivity index (χ4v) is 2.91. The minimum Gasteiger partial charge on any atom is -0.406 e. The molecule has 1 amide bonds. The molecule has 1 aromatic heterocycles. The number of hydrogen-bond acceptors (Lipinski definition) is 6. The highest BCUT2D eigenvalue weighted by molar-refractivity contribution is 5.94. The molecule has 0 saturated carbocycles. The third kappa shape index (κ3) is 6.53. The Kier molecular flexibility index (Phi) is 7.44. The monoisotopic (exact) mass is 448 g/mol. The largest absolute Gasteiger partial charge is 0.573 e. The van der Waals surface area contributed by atoms with Gasteiger partial charge in [-0.3, -0.25) is 9.89 Å². The number of carbonyl (C=O) groups is 1. The molecule has 0 radical (unpaired) electrons. The zero-order valence-electron chi connectivity index (χ0n) is 17.0. The molecule has 3 aromatic rings. The summed E-state index contributed by atoms with van der Waals surface area (Å²) in [5.74, 6) is 0.190. The van der Waals surface area contributed by atoms with Crippen LogP contribution in [0.2, 0.25) is 0 Å². The molecule has 6 N–H and O–H groups in total. The van der Waals surface area contributed by atoms with E-state index in [1.165, 1.54) is 24.3 Å². The summed E-state index contributed by atoms with van der Waals surface area (Å²) in [6, 6.07) is 11.6. The molecule has 0 spiro atoms. The minimum absolute atomic E-state index is 0.269. The molecule has 1 atom stereocenters. The third-order valence-electron chi connectivity index (χ3n) is 4.56. The van der Waals surface area contributed by atoms with Gasteiger partial charge in [-0.2, -0.15) is 5.10 Å². The smallest absolute Gasteiger partial charge is 0.406 e. The van der Waals surface area contributed by atoms with Crippen LogP contribution in [0.5, 0.6) is 5.75 Å². The van der Waals surface area contributed by atoms with E-state index < -0.39 is 12.4 Å². The molecule has 1 heterocycles. The number of amides is 1. The highest BCUT2D eigenvalue weighted by atomic mass is 19.4. The van der Waals surface area contributed by atoms with E-state index in [0.29, 0.717) is 41.4 Å². The van der Waals surface area contributed by atoms with Crippen LogP contribution in [0.15, 0.2) is 48.5 Å². The molecule has 0 aliphatic heterocycles. The highest BCUT2D eigenvalue weighted by Crippen LogP contribution is 2.26. The van der Waals surface area contributed by atoms with Crippen LogP contribution >= 0.6 is 0 Å². The number of nitrogens with one attached hydrogen (secondary N) is 2. The maximum absolute atomic E-state index is 12.3. The Morgan fingerprint density at radius 1 is 1.06 bits per heavy atom. The molecule has 8 nitrogen and oxygen atoms in total. The molecular weight excluding hydrogens is 425 g/mol. The Hall–Kier alpha value is -3.44. The molecule has 170 valence electrons. The SMILES string of the molecule is NCCCCC(N)C(=O)Nc1ccc(-c2nc(-c3ccc(OC(F)(F)F)cc3)n[nH]2)cc1. The number of nitrogens with two attached hydrogens (primary N) is 2. The zero-order chi connectivity index (χ0) is 23.1. The normalized spacial score (nSPS) is 12.4. The number of aromatic nitrogens is 3. The van der Waals surface area contributed by atoms with Crippen molar-refractivity contribution < 1.29 is 22.7 Å². The Balaban J connectivity index is 1.62. The average molecular weight is 448 g/mol. The third-order valence-corrected chi connectivity index (χ3v) is 4.56. The molecule has 32 heavy (non-hydrogen) atoms. The summed E-state index contributed by atoms with van der Waals surface area (Å²) < 4.78 is 40.7. The van der Waals surface area contributed by atoms with Crippen molar-refractivity contribution in [1.82, 2.24) is 15.2 Å². The van der Waals surface area contributed by atoms with Gasteiger partial charge in [-0.05, 0) is 67.9 Å². The van der Waals surface area contributed by atoms with E-state index in [0.717, 1.165) is 12.8 Å². The first-order chi connectivity index (χ1) is 15.2. The number of aromatic amines is 1. The Morgan fingerprint density at radius 2 is 1.72 bits per heavy atom. The van der Waals surface area contributed by atoms with Gasteiger partial charge in [-0.15, -0.1) is 13.2 Å². The highest BCUT2D eigenvalue weighted by Gasteiger charge is 2.31.